The highest BCUT2D eigenvalue weighted by Crippen LogP contribution is 2.37. The molecule has 1 aliphatic rings. The summed E-state index contributed by atoms with van der Waals surface area (Å²) in [7, 11) is 3.38. The highest BCUT2D eigenvalue weighted by Gasteiger charge is 2.41. The van der Waals surface area contributed by atoms with Gasteiger partial charge in [0.2, 0.25) is 0 Å². The number of hydrogen-bond donors (Lipinski definition) is 0. The van der Waals surface area contributed by atoms with Crippen LogP contribution in [0.3, 0.4) is 0 Å². The topological polar surface area (TPSA) is 49.9 Å². The third kappa shape index (κ3) is 3.94. The highest BCUT2D eigenvalue weighted by atomic mass is 16.5. The van der Waals surface area contributed by atoms with E-state index in [1.165, 1.54) is 4.90 Å². The van der Waals surface area contributed by atoms with Crippen molar-refractivity contribution in [3.63, 3.8) is 0 Å². The van der Waals surface area contributed by atoms with Gasteiger partial charge in [0.05, 0.1) is 12.7 Å². The lowest BCUT2D eigenvalue weighted by molar-refractivity contribution is -0.136. The van der Waals surface area contributed by atoms with E-state index >= 15 is 0 Å². The normalized spacial score (nSPS) is 13.7. The molecular formula is C26H24N2O3. The summed E-state index contributed by atoms with van der Waals surface area (Å²) < 4.78 is 5.50. The molecular weight excluding hydrogens is 388 g/mol. The van der Waals surface area contributed by atoms with E-state index in [-0.39, 0.29) is 11.8 Å². The fourth-order valence-electron chi connectivity index (χ4n) is 3.84. The predicted octanol–water partition coefficient (Wildman–Crippen LogP) is 4.15. The number of amides is 2. The van der Waals surface area contributed by atoms with E-state index in [0.717, 1.165) is 11.3 Å². The van der Waals surface area contributed by atoms with E-state index in [9.17, 15) is 9.59 Å². The average molecular weight is 412 g/mol. The van der Waals surface area contributed by atoms with Crippen LogP contribution in [-0.2, 0) is 16.0 Å². The minimum absolute atomic E-state index is 0.298. The van der Waals surface area contributed by atoms with Crippen molar-refractivity contribution in [2.75, 3.05) is 25.6 Å². The molecule has 1 heterocycles. The molecule has 0 spiro atoms. The molecule has 0 fully saturated rings. The van der Waals surface area contributed by atoms with E-state index in [4.69, 9.17) is 4.74 Å². The molecule has 31 heavy (non-hydrogen) atoms. The van der Waals surface area contributed by atoms with Gasteiger partial charge < -0.3 is 9.64 Å². The molecule has 3 aromatic carbocycles. The first-order valence-electron chi connectivity index (χ1n) is 10.2. The SMILES string of the molecule is COc1ccccc1C1=C(N(C)c2ccccc2)C(=O)N(CCc2ccccc2)C1=O. The second-order valence-electron chi connectivity index (χ2n) is 7.32. The van der Waals surface area contributed by atoms with Crippen molar-refractivity contribution in [3.05, 3.63) is 102 Å². The molecule has 0 aromatic heterocycles. The fraction of sp³-hybridized carbons (Fsp3) is 0.154. The summed E-state index contributed by atoms with van der Waals surface area (Å²) >= 11 is 0. The Morgan fingerprint density at radius 2 is 1.42 bits per heavy atom. The molecule has 0 bridgehead atoms. The number of rotatable bonds is 7. The summed E-state index contributed by atoms with van der Waals surface area (Å²) in [6.45, 7) is 0.312. The van der Waals surface area contributed by atoms with Crippen LogP contribution in [0.25, 0.3) is 5.57 Å². The van der Waals surface area contributed by atoms with Crippen molar-refractivity contribution < 1.29 is 14.3 Å². The number of likely N-dealkylation sites (N-methyl/N-ethyl adjacent to an activating group) is 1. The molecule has 3 aromatic rings. The molecule has 5 heteroatoms. The number of anilines is 1. The molecule has 0 unspecified atom stereocenters. The summed E-state index contributed by atoms with van der Waals surface area (Å²) in [6, 6.07) is 26.7. The Kier molecular flexibility index (Phi) is 5.85. The van der Waals surface area contributed by atoms with Gasteiger partial charge in [-0.1, -0.05) is 66.7 Å². The Bertz CT molecular complexity index is 1120. The molecule has 0 saturated heterocycles. The molecule has 0 N–H and O–H groups in total. The minimum atomic E-state index is -0.303. The lowest BCUT2D eigenvalue weighted by Crippen LogP contribution is -2.35. The smallest absolute Gasteiger partial charge is 0.278 e. The number of nitrogens with zero attached hydrogens (tertiary/aromatic N) is 2. The Labute approximate surface area is 182 Å². The van der Waals surface area contributed by atoms with Gasteiger partial charge in [0, 0.05) is 24.8 Å². The Morgan fingerprint density at radius 1 is 0.806 bits per heavy atom. The van der Waals surface area contributed by atoms with Crippen LogP contribution in [-0.4, -0.2) is 37.4 Å². The second kappa shape index (κ2) is 8.88. The summed E-state index contributed by atoms with van der Waals surface area (Å²) in [5, 5.41) is 0. The lowest BCUT2D eigenvalue weighted by Gasteiger charge is -2.21. The third-order valence-corrected chi connectivity index (χ3v) is 5.47. The van der Waals surface area contributed by atoms with Crippen LogP contribution in [0.5, 0.6) is 5.75 Å². The van der Waals surface area contributed by atoms with E-state index in [1.54, 1.807) is 18.1 Å². The number of methoxy groups -OCH3 is 1. The molecule has 0 radical (unpaired) electrons. The van der Waals surface area contributed by atoms with E-state index in [2.05, 4.69) is 0 Å². The Morgan fingerprint density at radius 3 is 2.10 bits per heavy atom. The van der Waals surface area contributed by atoms with E-state index < -0.39 is 0 Å². The monoisotopic (exact) mass is 412 g/mol. The van der Waals surface area contributed by atoms with Crippen LogP contribution in [0, 0.1) is 0 Å². The molecule has 5 nitrogen and oxygen atoms in total. The van der Waals surface area contributed by atoms with Crippen LogP contribution < -0.4 is 9.64 Å². The van der Waals surface area contributed by atoms with Crippen molar-refractivity contribution in [2.24, 2.45) is 0 Å². The Balaban J connectivity index is 1.76. The maximum absolute atomic E-state index is 13.5. The van der Waals surface area contributed by atoms with Gasteiger partial charge in [-0.15, -0.1) is 0 Å². The molecule has 0 saturated carbocycles. The summed E-state index contributed by atoms with van der Waals surface area (Å²) in [5.41, 5.74) is 3.24. The van der Waals surface area contributed by atoms with E-state index in [0.29, 0.717) is 35.5 Å². The minimum Gasteiger partial charge on any atom is -0.496 e. The second-order valence-corrected chi connectivity index (χ2v) is 7.32. The quantitative estimate of drug-likeness (QED) is 0.547. The number of ether oxygens (including phenoxy) is 1. The molecule has 2 amide bonds. The van der Waals surface area contributed by atoms with Gasteiger partial charge in [-0.3, -0.25) is 14.5 Å². The average Bonchev–Trinajstić information content (AvgIpc) is 3.07. The molecule has 0 aliphatic carbocycles. The summed E-state index contributed by atoms with van der Waals surface area (Å²) in [5.74, 6) is -0.0427. The van der Waals surface area contributed by atoms with Gasteiger partial charge in [0.25, 0.3) is 11.8 Å². The van der Waals surface area contributed by atoms with Crippen molar-refractivity contribution in [2.45, 2.75) is 6.42 Å². The number of para-hydroxylation sites is 2. The third-order valence-electron chi connectivity index (χ3n) is 5.47. The maximum atomic E-state index is 13.5. The van der Waals surface area contributed by atoms with Gasteiger partial charge in [-0.05, 0) is 30.2 Å². The zero-order valence-electron chi connectivity index (χ0n) is 17.6. The van der Waals surface area contributed by atoms with Gasteiger partial charge in [-0.25, -0.2) is 0 Å². The predicted molar refractivity (Wildman–Crippen MR) is 122 cm³/mol. The first-order valence-corrected chi connectivity index (χ1v) is 10.2. The number of carbonyl (C=O) groups is 2. The Hall–Kier alpha value is -3.86. The molecule has 1 aliphatic heterocycles. The largest absolute Gasteiger partial charge is 0.496 e. The summed E-state index contributed by atoms with van der Waals surface area (Å²) in [4.78, 5) is 30.1. The van der Waals surface area contributed by atoms with Crippen LogP contribution >= 0.6 is 0 Å². The zero-order valence-corrected chi connectivity index (χ0v) is 17.6. The van der Waals surface area contributed by atoms with E-state index in [1.807, 2.05) is 85.9 Å². The number of hydrogen-bond acceptors (Lipinski definition) is 4. The van der Waals surface area contributed by atoms with Gasteiger partial charge in [0.1, 0.15) is 11.4 Å². The zero-order chi connectivity index (χ0) is 21.8. The first-order chi connectivity index (χ1) is 15.1. The molecule has 156 valence electrons. The summed E-state index contributed by atoms with van der Waals surface area (Å²) in [6.07, 6.45) is 0.597. The van der Waals surface area contributed by atoms with Gasteiger partial charge in [-0.2, -0.15) is 0 Å². The number of benzene rings is 3. The molecule has 4 rings (SSSR count). The molecule has 0 atom stereocenters. The van der Waals surface area contributed by atoms with Crippen LogP contribution in [0.15, 0.2) is 90.6 Å². The van der Waals surface area contributed by atoms with Crippen molar-refractivity contribution in [1.29, 1.82) is 0 Å². The standard InChI is InChI=1S/C26H24N2O3/c1-27(20-13-7-4-8-14-20)24-23(21-15-9-10-16-22(21)31-2)25(29)28(26(24)30)18-17-19-11-5-3-6-12-19/h3-16H,17-18H2,1-2H3. The number of imide groups is 1. The first kappa shape index (κ1) is 20.4. The van der Waals surface area contributed by atoms with Crippen LogP contribution in [0.2, 0.25) is 0 Å². The van der Waals surface area contributed by atoms with Crippen molar-refractivity contribution in [3.8, 4) is 5.75 Å². The van der Waals surface area contributed by atoms with Gasteiger partial charge in [0.15, 0.2) is 0 Å². The number of carbonyl (C=O) groups excluding carboxylic acids is 2. The van der Waals surface area contributed by atoms with Crippen LogP contribution in [0.4, 0.5) is 5.69 Å². The van der Waals surface area contributed by atoms with Crippen molar-refractivity contribution >= 4 is 23.1 Å². The van der Waals surface area contributed by atoms with Crippen LogP contribution in [0.1, 0.15) is 11.1 Å². The highest BCUT2D eigenvalue weighted by molar-refractivity contribution is 6.37. The van der Waals surface area contributed by atoms with Gasteiger partial charge >= 0.3 is 0 Å². The maximum Gasteiger partial charge on any atom is 0.278 e. The van der Waals surface area contributed by atoms with Crippen molar-refractivity contribution in [1.82, 2.24) is 4.90 Å². The lowest BCUT2D eigenvalue weighted by atomic mass is 10.0. The fourth-order valence-corrected chi connectivity index (χ4v) is 3.84.